The summed E-state index contributed by atoms with van der Waals surface area (Å²) in [5.74, 6) is 0.546. The van der Waals surface area contributed by atoms with Gasteiger partial charge in [0.1, 0.15) is 17.8 Å². The van der Waals surface area contributed by atoms with E-state index in [9.17, 15) is 4.79 Å². The lowest BCUT2D eigenvalue weighted by atomic mass is 10.2. The van der Waals surface area contributed by atoms with Crippen LogP contribution in [0.1, 0.15) is 10.4 Å². The number of halogens is 1. The molecule has 3 aromatic rings. The summed E-state index contributed by atoms with van der Waals surface area (Å²) in [4.78, 5) is 20.1. The second-order valence-corrected chi connectivity index (χ2v) is 5.32. The van der Waals surface area contributed by atoms with E-state index in [2.05, 4.69) is 20.8 Å². The molecule has 1 aromatic heterocycles. The number of nitrogens with one attached hydrogen (secondary N) is 2. The largest absolute Gasteiger partial charge is 0.437 e. The van der Waals surface area contributed by atoms with Gasteiger partial charge in [0, 0.05) is 0 Å². The predicted molar refractivity (Wildman–Crippen MR) is 95.5 cm³/mol. The number of hydrazine groups is 1. The molecule has 126 valence electrons. The SMILES string of the molecule is Nc1c(NNC(=O)c2ccccc2Cl)ncnc1Oc1ccccc1. The normalized spacial score (nSPS) is 10.1. The fourth-order valence-corrected chi connectivity index (χ4v) is 2.21. The Morgan fingerprint density at radius 1 is 1.04 bits per heavy atom. The number of nitrogen functional groups attached to an aromatic ring is 1. The van der Waals surface area contributed by atoms with Gasteiger partial charge in [-0.1, -0.05) is 41.9 Å². The highest BCUT2D eigenvalue weighted by atomic mass is 35.5. The van der Waals surface area contributed by atoms with Crippen LogP contribution in [-0.4, -0.2) is 15.9 Å². The van der Waals surface area contributed by atoms with Gasteiger partial charge in [-0.05, 0) is 24.3 Å². The summed E-state index contributed by atoms with van der Waals surface area (Å²) < 4.78 is 5.61. The Kier molecular flexibility index (Phi) is 4.96. The van der Waals surface area contributed by atoms with Crippen LogP contribution < -0.4 is 21.3 Å². The topological polar surface area (TPSA) is 102 Å². The van der Waals surface area contributed by atoms with Crippen molar-refractivity contribution in [1.82, 2.24) is 15.4 Å². The molecule has 0 aliphatic rings. The molecule has 8 heteroatoms. The van der Waals surface area contributed by atoms with Crippen LogP contribution in [-0.2, 0) is 0 Å². The van der Waals surface area contributed by atoms with E-state index in [0.717, 1.165) is 0 Å². The number of anilines is 2. The third-order valence-corrected chi connectivity index (χ3v) is 3.55. The number of hydrogen-bond acceptors (Lipinski definition) is 6. The number of aromatic nitrogens is 2. The van der Waals surface area contributed by atoms with E-state index >= 15 is 0 Å². The third-order valence-electron chi connectivity index (χ3n) is 3.22. The lowest BCUT2D eigenvalue weighted by Gasteiger charge is -2.12. The molecule has 3 rings (SSSR count). The van der Waals surface area contributed by atoms with Gasteiger partial charge in [0.2, 0.25) is 5.88 Å². The minimum atomic E-state index is -0.422. The number of carbonyl (C=O) groups excluding carboxylic acids is 1. The minimum absolute atomic E-state index is 0.158. The number of nitrogens with two attached hydrogens (primary N) is 1. The van der Waals surface area contributed by atoms with Crippen molar-refractivity contribution in [2.24, 2.45) is 0 Å². The molecule has 1 heterocycles. The molecule has 0 unspecified atom stereocenters. The molecule has 1 amide bonds. The van der Waals surface area contributed by atoms with Gasteiger partial charge in [-0.15, -0.1) is 0 Å². The lowest BCUT2D eigenvalue weighted by molar-refractivity contribution is 0.0962. The number of ether oxygens (including phenoxy) is 1. The van der Waals surface area contributed by atoms with Crippen LogP contribution in [0.5, 0.6) is 11.6 Å². The molecule has 25 heavy (non-hydrogen) atoms. The van der Waals surface area contributed by atoms with Crippen LogP contribution in [0.25, 0.3) is 0 Å². The number of benzene rings is 2. The Morgan fingerprint density at radius 3 is 2.52 bits per heavy atom. The Balaban J connectivity index is 1.72. The van der Waals surface area contributed by atoms with Crippen molar-refractivity contribution in [3.63, 3.8) is 0 Å². The van der Waals surface area contributed by atoms with E-state index in [-0.39, 0.29) is 17.4 Å². The first-order valence-corrected chi connectivity index (χ1v) is 7.67. The first kappa shape index (κ1) is 16.5. The van der Waals surface area contributed by atoms with Crippen molar-refractivity contribution in [3.8, 4) is 11.6 Å². The maximum Gasteiger partial charge on any atom is 0.271 e. The first-order valence-electron chi connectivity index (χ1n) is 7.29. The fourth-order valence-electron chi connectivity index (χ4n) is 1.99. The van der Waals surface area contributed by atoms with Crippen LogP contribution in [0.15, 0.2) is 60.9 Å². The molecule has 0 aliphatic heterocycles. The van der Waals surface area contributed by atoms with Crippen molar-refractivity contribution in [2.75, 3.05) is 11.2 Å². The highest BCUT2D eigenvalue weighted by Gasteiger charge is 2.13. The first-order chi connectivity index (χ1) is 12.1. The Bertz CT molecular complexity index is 889. The Morgan fingerprint density at radius 2 is 1.76 bits per heavy atom. The molecule has 0 spiro atoms. The molecular weight excluding hydrogens is 342 g/mol. The van der Waals surface area contributed by atoms with Crippen LogP contribution in [0.4, 0.5) is 11.5 Å². The van der Waals surface area contributed by atoms with Crippen LogP contribution >= 0.6 is 11.6 Å². The molecule has 0 fully saturated rings. The van der Waals surface area contributed by atoms with E-state index < -0.39 is 5.91 Å². The maximum absolute atomic E-state index is 12.2. The summed E-state index contributed by atoms with van der Waals surface area (Å²) in [5.41, 5.74) is 11.6. The van der Waals surface area contributed by atoms with Crippen molar-refractivity contribution in [1.29, 1.82) is 0 Å². The number of carbonyl (C=O) groups is 1. The van der Waals surface area contributed by atoms with Crippen molar-refractivity contribution in [2.45, 2.75) is 0 Å². The summed E-state index contributed by atoms with van der Waals surface area (Å²) in [6, 6.07) is 15.8. The van der Waals surface area contributed by atoms with Gasteiger partial charge >= 0.3 is 0 Å². The zero-order valence-corrected chi connectivity index (χ0v) is 13.7. The van der Waals surface area contributed by atoms with E-state index in [1.807, 2.05) is 18.2 Å². The fraction of sp³-hybridized carbons (Fsp3) is 0. The second kappa shape index (κ2) is 7.50. The molecule has 0 saturated heterocycles. The van der Waals surface area contributed by atoms with Gasteiger partial charge < -0.3 is 10.5 Å². The molecule has 0 bridgehead atoms. The number of amides is 1. The number of rotatable bonds is 5. The maximum atomic E-state index is 12.2. The lowest BCUT2D eigenvalue weighted by Crippen LogP contribution is -2.30. The van der Waals surface area contributed by atoms with Crippen molar-refractivity contribution >= 4 is 29.0 Å². The summed E-state index contributed by atoms with van der Waals surface area (Å²) in [6.07, 6.45) is 1.28. The summed E-state index contributed by atoms with van der Waals surface area (Å²) in [5, 5.41) is 0.338. The number of nitrogens with zero attached hydrogens (tertiary/aromatic N) is 2. The van der Waals surface area contributed by atoms with Crippen LogP contribution in [0.3, 0.4) is 0 Å². The standard InChI is InChI=1S/C17H14ClN5O2/c18-13-9-5-4-8-12(13)16(24)23-22-15-14(19)17(21-10-20-15)25-11-6-2-1-3-7-11/h1-10H,19H2,(H,23,24)(H,20,21,22). The van der Waals surface area contributed by atoms with Gasteiger partial charge in [-0.25, -0.2) is 4.98 Å². The van der Waals surface area contributed by atoms with E-state index in [1.165, 1.54) is 6.33 Å². The Hall–Kier alpha value is -3.32. The Labute approximate surface area is 148 Å². The van der Waals surface area contributed by atoms with E-state index in [4.69, 9.17) is 22.1 Å². The predicted octanol–water partition coefficient (Wildman–Crippen LogP) is 3.26. The molecule has 2 aromatic carbocycles. The highest BCUT2D eigenvalue weighted by Crippen LogP contribution is 2.28. The summed E-state index contributed by atoms with van der Waals surface area (Å²) in [6.45, 7) is 0. The van der Waals surface area contributed by atoms with Gasteiger partial charge in [0.15, 0.2) is 5.82 Å². The molecule has 7 nitrogen and oxygen atoms in total. The van der Waals surface area contributed by atoms with Gasteiger partial charge in [0.05, 0.1) is 10.6 Å². The van der Waals surface area contributed by atoms with Gasteiger partial charge in [-0.3, -0.25) is 15.6 Å². The number of para-hydroxylation sites is 1. The van der Waals surface area contributed by atoms with Crippen LogP contribution in [0.2, 0.25) is 5.02 Å². The summed E-state index contributed by atoms with van der Waals surface area (Å²) >= 11 is 5.99. The van der Waals surface area contributed by atoms with Gasteiger partial charge in [0.25, 0.3) is 5.91 Å². The van der Waals surface area contributed by atoms with Gasteiger partial charge in [-0.2, -0.15) is 4.98 Å². The molecule has 4 N–H and O–H groups in total. The monoisotopic (exact) mass is 355 g/mol. The van der Waals surface area contributed by atoms with E-state index in [1.54, 1.807) is 36.4 Å². The zero-order valence-electron chi connectivity index (χ0n) is 12.9. The molecule has 0 atom stereocenters. The van der Waals surface area contributed by atoms with Crippen molar-refractivity contribution < 1.29 is 9.53 Å². The third kappa shape index (κ3) is 3.96. The molecule has 0 radical (unpaired) electrons. The molecule has 0 aliphatic carbocycles. The van der Waals surface area contributed by atoms with Crippen molar-refractivity contribution in [3.05, 3.63) is 71.5 Å². The average molecular weight is 356 g/mol. The van der Waals surface area contributed by atoms with E-state index in [0.29, 0.717) is 16.3 Å². The average Bonchev–Trinajstić information content (AvgIpc) is 2.63. The highest BCUT2D eigenvalue weighted by molar-refractivity contribution is 6.33. The smallest absolute Gasteiger partial charge is 0.271 e. The summed E-state index contributed by atoms with van der Waals surface area (Å²) in [7, 11) is 0. The van der Waals surface area contributed by atoms with Crippen LogP contribution in [0, 0.1) is 0 Å². The number of hydrogen-bond donors (Lipinski definition) is 3. The molecular formula is C17H14ClN5O2. The zero-order chi connectivity index (χ0) is 17.6. The minimum Gasteiger partial charge on any atom is -0.437 e. The quantitative estimate of drug-likeness (QED) is 0.607. The second-order valence-electron chi connectivity index (χ2n) is 4.92. The molecule has 0 saturated carbocycles.